The second kappa shape index (κ2) is 21.3. The molecule has 1 aliphatic carbocycles. The van der Waals surface area contributed by atoms with E-state index in [2.05, 4.69) is 33.6 Å². The molecule has 0 fully saturated rings. The van der Waals surface area contributed by atoms with Crippen molar-refractivity contribution in [3.63, 3.8) is 0 Å². The van der Waals surface area contributed by atoms with E-state index in [0.717, 1.165) is 6.42 Å². The first-order chi connectivity index (χ1) is 22.8. The van der Waals surface area contributed by atoms with Crippen molar-refractivity contribution in [1.29, 1.82) is 0 Å². The molecule has 0 bridgehead atoms. The number of thiophene rings is 1. The molecule has 1 aromatic carbocycles. The van der Waals surface area contributed by atoms with Gasteiger partial charge in [-0.2, -0.15) is 5.73 Å². The predicted octanol–water partition coefficient (Wildman–Crippen LogP) is 9.55. The number of rotatable bonds is 10. The van der Waals surface area contributed by atoms with Gasteiger partial charge < -0.3 is 26.7 Å². The first-order valence-corrected chi connectivity index (χ1v) is 16.8. The summed E-state index contributed by atoms with van der Waals surface area (Å²) < 4.78 is 0.545. The third-order valence-corrected chi connectivity index (χ3v) is 8.46. The maximum absolute atomic E-state index is 10.8. The average molecular weight is 1210 g/mol. The maximum atomic E-state index is 10.8. The smallest absolute Gasteiger partial charge is 0.904 e. The van der Waals surface area contributed by atoms with Gasteiger partial charge in [-0.15, -0.1) is 57.5 Å². The molecule has 2 atom stereocenters. The number of allylic oxidation sites excluding steroid dienone is 6. The summed E-state index contributed by atoms with van der Waals surface area (Å²) in [7, 11) is 0. The Bertz CT molecular complexity index is 1930. The average Bonchev–Trinajstić information content (AvgIpc) is 3.53. The predicted molar refractivity (Wildman–Crippen MR) is 199 cm³/mol. The Kier molecular flexibility index (Phi) is 19.0. The van der Waals surface area contributed by atoms with Crippen LogP contribution in [-0.2, 0) is 0 Å². The van der Waals surface area contributed by atoms with Gasteiger partial charge in [-0.05, 0) is 52.4 Å². The number of alkyl halides is 1. The van der Waals surface area contributed by atoms with E-state index in [9.17, 15) is 21.0 Å². The standard InChI is InChI=1S/C19H12Cl2N2OS.C18H16Cl2N2O.2U/c20-14-5-3-12(4-6-14)10-15(18(22)16-7-8-17(21)25-16)19(24)13-2-1-9-23-11-13;1-18(2,20)10-15(17(23)13-4-3-9-22-11-13)16(21)12-5-7-14(19)8-6-12;;/h3,5,7-9,11,19,24H,1-2H2;3-9,11,17,23H,1-2H3;;/q2*-2;2*+2. The molecule has 5 rings (SSSR count). The minimum atomic E-state index is -1.10. The second-order valence-electron chi connectivity index (χ2n) is 10.9. The number of benzene rings is 1. The Morgan fingerprint density at radius 1 is 0.940 bits per heavy atom. The molecular weight excluding hydrogens is 1180 g/mol. The van der Waals surface area contributed by atoms with Crippen LogP contribution in [-0.4, -0.2) is 43.8 Å². The largest absolute Gasteiger partial charge is 2.00 e. The molecule has 6 nitrogen and oxygen atoms in total. The molecule has 0 saturated carbocycles. The Labute approximate surface area is 363 Å². The van der Waals surface area contributed by atoms with Crippen LogP contribution < -0.4 is 0 Å². The van der Waals surface area contributed by atoms with Crippen LogP contribution in [0.5, 0.6) is 0 Å². The monoisotopic (exact) mass is 1210 g/mol. The van der Waals surface area contributed by atoms with Crippen LogP contribution in [0.4, 0.5) is 0 Å². The number of halogens is 4. The molecule has 13 heteroatoms. The maximum Gasteiger partial charge on any atom is 2.00 e. The van der Waals surface area contributed by atoms with Crippen LogP contribution in [0.25, 0.3) is 10.8 Å². The minimum Gasteiger partial charge on any atom is -0.904 e. The Morgan fingerprint density at radius 3 is 2.20 bits per heavy atom. The van der Waals surface area contributed by atoms with Crippen molar-refractivity contribution >= 4 is 75.4 Å². The van der Waals surface area contributed by atoms with Gasteiger partial charge in [0.1, 0.15) is 0 Å². The second-order valence-corrected chi connectivity index (χ2v) is 14.4. The van der Waals surface area contributed by atoms with Gasteiger partial charge in [-0.25, -0.2) is 17.4 Å². The molecule has 0 spiro atoms. The number of aliphatic imine (C=N–C) groups is 1. The number of pyridine rings is 1. The number of aliphatic hydroxyl groups is 2. The van der Waals surface area contributed by atoms with Crippen molar-refractivity contribution in [2.45, 2.75) is 43.8 Å². The van der Waals surface area contributed by atoms with Crippen molar-refractivity contribution in [3.05, 3.63) is 166 Å². The molecular formula is C37H28Cl4N4O2SU2. The van der Waals surface area contributed by atoms with Gasteiger partial charge in [0.2, 0.25) is 0 Å². The van der Waals surface area contributed by atoms with Crippen molar-refractivity contribution in [1.82, 2.24) is 4.98 Å². The van der Waals surface area contributed by atoms with Crippen LogP contribution in [0.2, 0.25) is 9.36 Å². The molecule has 1 aliphatic heterocycles. The number of aromatic nitrogens is 1. The van der Waals surface area contributed by atoms with Gasteiger partial charge in [-0.1, -0.05) is 79.0 Å². The van der Waals surface area contributed by atoms with Crippen LogP contribution in [0.1, 0.15) is 48.8 Å². The van der Waals surface area contributed by atoms with Crippen LogP contribution in [0.3, 0.4) is 0 Å². The molecule has 0 saturated heterocycles. The number of nitrogens with zero attached hydrogens (tertiary/aromatic N) is 4. The summed E-state index contributed by atoms with van der Waals surface area (Å²) in [5.74, 6) is 0. The zero-order chi connectivity index (χ0) is 34.8. The fourth-order valence-electron chi connectivity index (χ4n) is 4.37. The first kappa shape index (κ1) is 44.7. The molecule has 0 amide bonds. The fourth-order valence-corrected chi connectivity index (χ4v) is 5.71. The third-order valence-electron chi connectivity index (χ3n) is 6.65. The summed E-state index contributed by atoms with van der Waals surface area (Å²) in [4.78, 5) is 7.76. The fraction of sp³-hybridized carbons (Fsp3) is 0.189. The Hall–Kier alpha value is -1.48. The molecule has 3 aromatic rings. The Morgan fingerprint density at radius 2 is 1.66 bits per heavy atom. The quantitative estimate of drug-likeness (QED) is 0.0914. The number of hydrogen-bond acceptors (Lipinski definition) is 5. The zero-order valence-corrected chi connectivity index (χ0v) is 38.9. The number of hydrogen-bond donors (Lipinski definition) is 2. The first-order valence-electron chi connectivity index (χ1n) is 14.5. The minimum absolute atomic E-state index is 0. The van der Waals surface area contributed by atoms with Crippen molar-refractivity contribution in [3.8, 4) is 0 Å². The van der Waals surface area contributed by atoms with E-state index < -0.39 is 17.1 Å². The molecule has 3 heterocycles. The summed E-state index contributed by atoms with van der Waals surface area (Å²) in [5, 5.41) is 43.7. The van der Waals surface area contributed by atoms with E-state index in [1.807, 2.05) is 0 Å². The number of aliphatic hydroxyl groups excluding tert-OH is 2. The SMILES string of the molecule is CC(C)(Cl)[C-]=C(C(=[N-])c1ccc(Cl)cc1)C(O)c1cccnc1.[N-]=C(C(=[C-]C1=C=C=C(Cl)C=C1)C(O)C1=CN=CCC1)c1ccc(Cl)s1.[U+2].[U+2]. The van der Waals surface area contributed by atoms with E-state index in [0.29, 0.717) is 48.0 Å². The molecule has 2 aliphatic rings. The van der Waals surface area contributed by atoms with Crippen LogP contribution in [0, 0.1) is 74.4 Å². The van der Waals surface area contributed by atoms with E-state index in [1.54, 1.807) is 93.1 Å². The van der Waals surface area contributed by atoms with Crippen LogP contribution in [0.15, 0.2) is 123 Å². The van der Waals surface area contributed by atoms with E-state index in [-0.39, 0.29) is 84.8 Å². The van der Waals surface area contributed by atoms with Crippen molar-refractivity contribution in [2.75, 3.05) is 0 Å². The molecule has 0 radical (unpaired) electrons. The van der Waals surface area contributed by atoms with Crippen molar-refractivity contribution in [2.24, 2.45) is 4.99 Å². The van der Waals surface area contributed by atoms with Gasteiger partial charge in [-0.3, -0.25) is 9.98 Å². The van der Waals surface area contributed by atoms with Gasteiger partial charge in [0.25, 0.3) is 0 Å². The van der Waals surface area contributed by atoms with Crippen molar-refractivity contribution < 1.29 is 72.4 Å². The summed E-state index contributed by atoms with van der Waals surface area (Å²) >= 11 is 25.1. The van der Waals surface area contributed by atoms with Crippen LogP contribution >= 0.6 is 57.7 Å². The topological polar surface area (TPSA) is 110 Å². The molecule has 2 aromatic heterocycles. The van der Waals surface area contributed by atoms with Gasteiger partial charge >= 0.3 is 62.2 Å². The Balaban J connectivity index is 0.000000335. The summed E-state index contributed by atoms with van der Waals surface area (Å²) in [6, 6.07) is 13.5. The molecule has 250 valence electrons. The molecule has 50 heavy (non-hydrogen) atoms. The van der Waals surface area contributed by atoms with Gasteiger partial charge in [0.15, 0.2) is 0 Å². The van der Waals surface area contributed by atoms with E-state index in [1.165, 1.54) is 17.5 Å². The summed E-state index contributed by atoms with van der Waals surface area (Å²) in [5.41, 5.74) is 8.10. The third kappa shape index (κ3) is 13.5. The van der Waals surface area contributed by atoms with Gasteiger partial charge in [0.05, 0.1) is 21.6 Å². The summed E-state index contributed by atoms with van der Waals surface area (Å²) in [6.07, 6.45) is 15.1. The van der Waals surface area contributed by atoms with E-state index in [4.69, 9.17) is 46.4 Å². The zero-order valence-electron chi connectivity index (χ0n) is 26.8. The molecule has 2 unspecified atom stereocenters. The summed E-state index contributed by atoms with van der Waals surface area (Å²) in [6.45, 7) is 3.44. The molecule has 2 N–H and O–H groups in total. The van der Waals surface area contributed by atoms with E-state index >= 15 is 0 Å². The van der Waals surface area contributed by atoms with Gasteiger partial charge in [0, 0.05) is 35.4 Å². The normalized spacial score (nSPS) is 15.2.